The summed E-state index contributed by atoms with van der Waals surface area (Å²) in [7, 11) is 0. The van der Waals surface area contributed by atoms with E-state index in [4.69, 9.17) is 16.9 Å². The number of hydrogen-bond donors (Lipinski definition) is 1. The molecule has 0 aromatic carbocycles. The fraction of sp³-hybridized carbons (Fsp3) is 0.500. The summed E-state index contributed by atoms with van der Waals surface area (Å²) < 4.78 is 43.4. The topological polar surface area (TPSA) is 101 Å². The van der Waals surface area contributed by atoms with Crippen molar-refractivity contribution < 1.29 is 27.5 Å². The molecule has 27 heavy (non-hydrogen) atoms. The van der Waals surface area contributed by atoms with Crippen LogP contribution in [0, 0.1) is 17.2 Å². The van der Waals surface area contributed by atoms with E-state index in [-0.39, 0.29) is 5.92 Å². The lowest BCUT2D eigenvalue weighted by atomic mass is 9.90. The van der Waals surface area contributed by atoms with Crippen LogP contribution >= 0.6 is 11.6 Å². The molecule has 1 aromatic heterocycles. The van der Waals surface area contributed by atoms with Crippen molar-refractivity contribution in [3.63, 3.8) is 0 Å². The highest BCUT2D eigenvalue weighted by atomic mass is 35.5. The van der Waals surface area contributed by atoms with Crippen LogP contribution in [0.3, 0.4) is 0 Å². The van der Waals surface area contributed by atoms with E-state index in [9.17, 15) is 27.6 Å². The molecule has 0 unspecified atom stereocenters. The molecule has 148 valence electrons. The average Bonchev–Trinajstić information content (AvgIpc) is 2.55. The number of alkyl halides is 3. The SMILES string of the molecule is CC(C)[C@@](C)(C#N)NC(=O)COC(=O)Cn1cc(C(F)(F)F)cc(Cl)c1=O. The highest BCUT2D eigenvalue weighted by Gasteiger charge is 2.32. The molecule has 1 heterocycles. The van der Waals surface area contributed by atoms with Crippen LogP contribution < -0.4 is 10.9 Å². The number of aromatic nitrogens is 1. The Morgan fingerprint density at radius 2 is 2.00 bits per heavy atom. The van der Waals surface area contributed by atoms with Gasteiger partial charge >= 0.3 is 12.1 Å². The van der Waals surface area contributed by atoms with Crippen molar-refractivity contribution in [2.75, 3.05) is 6.61 Å². The van der Waals surface area contributed by atoms with Crippen molar-refractivity contribution in [2.24, 2.45) is 5.92 Å². The number of halogens is 4. The summed E-state index contributed by atoms with van der Waals surface area (Å²) in [6, 6.07) is 2.38. The molecular weight excluding hydrogens is 391 g/mol. The molecule has 0 aliphatic heterocycles. The Bertz CT molecular complexity index is 830. The largest absolute Gasteiger partial charge is 0.454 e. The van der Waals surface area contributed by atoms with Crippen molar-refractivity contribution >= 4 is 23.5 Å². The third-order valence-corrected chi connectivity index (χ3v) is 4.09. The summed E-state index contributed by atoms with van der Waals surface area (Å²) >= 11 is 5.47. The molecule has 1 amide bonds. The monoisotopic (exact) mass is 407 g/mol. The zero-order valence-electron chi connectivity index (χ0n) is 14.7. The maximum absolute atomic E-state index is 12.8. The molecule has 7 nitrogen and oxygen atoms in total. The summed E-state index contributed by atoms with van der Waals surface area (Å²) in [6.45, 7) is 3.28. The number of rotatable bonds is 6. The summed E-state index contributed by atoms with van der Waals surface area (Å²) in [5.41, 5.74) is -3.41. The van der Waals surface area contributed by atoms with Crippen molar-refractivity contribution in [3.8, 4) is 6.07 Å². The minimum Gasteiger partial charge on any atom is -0.454 e. The molecule has 1 rings (SSSR count). The summed E-state index contributed by atoms with van der Waals surface area (Å²) in [4.78, 5) is 35.3. The minimum absolute atomic E-state index is 0.229. The second-order valence-electron chi connectivity index (χ2n) is 6.19. The number of ether oxygens (including phenoxy) is 1. The minimum atomic E-state index is -4.76. The van der Waals surface area contributed by atoms with Gasteiger partial charge < -0.3 is 14.6 Å². The fourth-order valence-corrected chi connectivity index (χ4v) is 2.06. The molecule has 11 heteroatoms. The van der Waals surface area contributed by atoms with Gasteiger partial charge in [0.15, 0.2) is 6.61 Å². The zero-order chi connectivity index (χ0) is 21.0. The van der Waals surface area contributed by atoms with Gasteiger partial charge in [-0.05, 0) is 18.9 Å². The maximum Gasteiger partial charge on any atom is 0.417 e. The molecule has 0 aliphatic carbocycles. The molecule has 0 bridgehead atoms. The molecule has 1 aromatic rings. The summed E-state index contributed by atoms with van der Waals surface area (Å²) in [6.07, 6.45) is -4.33. The zero-order valence-corrected chi connectivity index (χ0v) is 15.4. The predicted octanol–water partition coefficient (Wildman–Crippen LogP) is 2.12. The molecular formula is C16H17ClF3N3O4. The van der Waals surface area contributed by atoms with E-state index >= 15 is 0 Å². The van der Waals surface area contributed by atoms with E-state index in [0.29, 0.717) is 16.8 Å². The van der Waals surface area contributed by atoms with Crippen LogP contribution in [0.1, 0.15) is 26.3 Å². The Morgan fingerprint density at radius 1 is 1.41 bits per heavy atom. The lowest BCUT2D eigenvalue weighted by Gasteiger charge is -2.27. The van der Waals surface area contributed by atoms with Gasteiger partial charge in [0.25, 0.3) is 11.5 Å². The standard InChI is InChI=1S/C16H17ClF3N3O4/c1-9(2)15(3,8-21)22-12(24)7-27-13(25)6-23-5-10(16(18,19)20)4-11(17)14(23)26/h4-5,9H,6-7H2,1-3H3,(H,22,24)/t15-/m1/s1. The normalized spacial score (nSPS) is 13.6. The maximum atomic E-state index is 12.8. The molecule has 0 saturated carbocycles. The second-order valence-corrected chi connectivity index (χ2v) is 6.59. The van der Waals surface area contributed by atoms with Crippen LogP contribution in [0.4, 0.5) is 13.2 Å². The van der Waals surface area contributed by atoms with Gasteiger partial charge in [0.2, 0.25) is 0 Å². The van der Waals surface area contributed by atoms with Crippen LogP contribution in [0.5, 0.6) is 0 Å². The summed E-state index contributed by atoms with van der Waals surface area (Å²) in [5.74, 6) is -2.12. The van der Waals surface area contributed by atoms with E-state index in [1.165, 1.54) is 6.92 Å². The van der Waals surface area contributed by atoms with Gasteiger partial charge in [0, 0.05) is 6.20 Å². The van der Waals surface area contributed by atoms with E-state index in [0.717, 1.165) is 0 Å². The quantitative estimate of drug-likeness (QED) is 0.728. The average molecular weight is 408 g/mol. The van der Waals surface area contributed by atoms with Crippen LogP contribution in [-0.2, 0) is 27.0 Å². The Morgan fingerprint density at radius 3 is 2.48 bits per heavy atom. The fourth-order valence-electron chi connectivity index (χ4n) is 1.83. The van der Waals surface area contributed by atoms with Crippen LogP contribution in [0.15, 0.2) is 17.1 Å². The molecule has 0 radical (unpaired) electrons. The number of esters is 1. The van der Waals surface area contributed by atoms with Gasteiger partial charge in [-0.2, -0.15) is 18.4 Å². The number of nitrogens with zero attached hydrogens (tertiary/aromatic N) is 2. The number of carbonyl (C=O) groups is 2. The Hall–Kier alpha value is -2.54. The Labute approximate surface area is 157 Å². The lowest BCUT2D eigenvalue weighted by Crippen LogP contribution is -2.50. The third kappa shape index (κ3) is 5.99. The second kappa shape index (κ2) is 8.43. The van der Waals surface area contributed by atoms with Crippen LogP contribution in [0.25, 0.3) is 0 Å². The number of hydrogen-bond acceptors (Lipinski definition) is 5. The predicted molar refractivity (Wildman–Crippen MR) is 88.7 cm³/mol. The van der Waals surface area contributed by atoms with Crippen molar-refractivity contribution in [3.05, 3.63) is 33.2 Å². The number of nitrogens with one attached hydrogen (secondary N) is 1. The van der Waals surface area contributed by atoms with Gasteiger partial charge in [-0.1, -0.05) is 25.4 Å². The van der Waals surface area contributed by atoms with E-state index in [1.807, 2.05) is 6.07 Å². The number of nitriles is 1. The number of pyridine rings is 1. The highest BCUT2D eigenvalue weighted by Crippen LogP contribution is 2.29. The van der Waals surface area contributed by atoms with E-state index in [1.54, 1.807) is 13.8 Å². The summed E-state index contributed by atoms with van der Waals surface area (Å²) in [5, 5.41) is 10.8. The van der Waals surface area contributed by atoms with Crippen LogP contribution in [0.2, 0.25) is 5.02 Å². The lowest BCUT2D eigenvalue weighted by molar-refractivity contribution is -0.149. The first-order valence-electron chi connectivity index (χ1n) is 7.65. The van der Waals surface area contributed by atoms with Crippen molar-refractivity contribution in [1.82, 2.24) is 9.88 Å². The first kappa shape index (κ1) is 22.5. The molecule has 0 saturated heterocycles. The van der Waals surface area contributed by atoms with Gasteiger partial charge in [-0.15, -0.1) is 0 Å². The van der Waals surface area contributed by atoms with Gasteiger partial charge in [-0.25, -0.2) is 0 Å². The first-order chi connectivity index (χ1) is 12.3. The van der Waals surface area contributed by atoms with Gasteiger partial charge in [-0.3, -0.25) is 14.4 Å². The smallest absolute Gasteiger partial charge is 0.417 e. The Kier molecular flexibility index (Phi) is 7.03. The van der Waals surface area contributed by atoms with Gasteiger partial charge in [0.05, 0.1) is 11.6 Å². The first-order valence-corrected chi connectivity index (χ1v) is 8.03. The van der Waals surface area contributed by atoms with Crippen molar-refractivity contribution in [1.29, 1.82) is 5.26 Å². The number of carbonyl (C=O) groups excluding carboxylic acids is 2. The van der Waals surface area contributed by atoms with Gasteiger partial charge in [0.1, 0.15) is 17.1 Å². The Balaban J connectivity index is 2.79. The number of amides is 1. The third-order valence-electron chi connectivity index (χ3n) is 3.82. The van der Waals surface area contributed by atoms with E-state index < -0.39 is 52.9 Å². The van der Waals surface area contributed by atoms with Crippen LogP contribution in [-0.4, -0.2) is 28.6 Å². The molecule has 1 atom stereocenters. The highest BCUT2D eigenvalue weighted by molar-refractivity contribution is 6.30. The van der Waals surface area contributed by atoms with E-state index in [2.05, 4.69) is 10.1 Å². The van der Waals surface area contributed by atoms with Crippen molar-refractivity contribution in [2.45, 2.75) is 39.0 Å². The molecule has 1 N–H and O–H groups in total. The molecule has 0 aliphatic rings. The molecule has 0 spiro atoms. The molecule has 0 fully saturated rings.